The Kier molecular flexibility index (Phi) is 3.50. The van der Waals surface area contributed by atoms with E-state index < -0.39 is 6.04 Å². The number of fused-ring (bicyclic) bond motifs is 3. The molecule has 2 atom stereocenters. The summed E-state index contributed by atoms with van der Waals surface area (Å²) in [6.07, 6.45) is 0.588. The van der Waals surface area contributed by atoms with Crippen LogP contribution < -0.4 is 5.32 Å². The van der Waals surface area contributed by atoms with Gasteiger partial charge in [-0.05, 0) is 39.7 Å². The van der Waals surface area contributed by atoms with Crippen LogP contribution in [-0.2, 0) is 16.0 Å². The first-order chi connectivity index (χ1) is 11.2. The Hall–Kier alpha value is -2.05. The highest BCUT2D eigenvalue weighted by Crippen LogP contribution is 2.36. The Morgan fingerprint density at radius 3 is 2.87 bits per heavy atom. The van der Waals surface area contributed by atoms with Crippen LogP contribution in [0, 0.1) is 0 Å². The van der Waals surface area contributed by atoms with Crippen LogP contribution in [0.3, 0.4) is 0 Å². The first kappa shape index (κ1) is 14.5. The zero-order chi connectivity index (χ0) is 16.0. The van der Waals surface area contributed by atoms with Crippen molar-refractivity contribution in [2.75, 3.05) is 7.11 Å². The molecular formula is C17H15BrN2O3. The van der Waals surface area contributed by atoms with Gasteiger partial charge in [0.25, 0.3) is 0 Å². The van der Waals surface area contributed by atoms with Gasteiger partial charge in [0, 0.05) is 23.0 Å². The molecule has 23 heavy (non-hydrogen) atoms. The lowest BCUT2D eigenvalue weighted by Crippen LogP contribution is -2.45. The third-order valence-electron chi connectivity index (χ3n) is 4.28. The van der Waals surface area contributed by atoms with Gasteiger partial charge in [-0.3, -0.25) is 10.1 Å². The van der Waals surface area contributed by atoms with E-state index in [0.717, 1.165) is 27.9 Å². The van der Waals surface area contributed by atoms with Crippen molar-refractivity contribution in [3.8, 4) is 0 Å². The summed E-state index contributed by atoms with van der Waals surface area (Å²) in [6, 6.07) is 11.2. The topological polar surface area (TPSA) is 67.3 Å². The molecule has 6 heteroatoms. The van der Waals surface area contributed by atoms with Crippen LogP contribution >= 0.6 is 15.9 Å². The molecule has 3 heterocycles. The minimum atomic E-state index is -0.402. The third-order valence-corrected chi connectivity index (χ3v) is 4.70. The number of methoxy groups -OCH3 is 1. The maximum absolute atomic E-state index is 12.1. The van der Waals surface area contributed by atoms with Crippen molar-refractivity contribution in [1.82, 2.24) is 10.3 Å². The van der Waals surface area contributed by atoms with Crippen molar-refractivity contribution in [3.05, 3.63) is 58.1 Å². The number of carbonyl (C=O) groups is 1. The fourth-order valence-electron chi connectivity index (χ4n) is 3.24. The minimum Gasteiger partial charge on any atom is -0.468 e. The summed E-state index contributed by atoms with van der Waals surface area (Å²) in [7, 11) is 1.41. The van der Waals surface area contributed by atoms with E-state index in [1.807, 2.05) is 30.3 Å². The SMILES string of the molecule is COC(=O)[C@@H]1Cc2c([nH]c3ccccc23)[C@@H](c2ccc(Br)o2)N1. The normalized spacial score (nSPS) is 20.4. The standard InChI is InChI=1S/C17H15BrN2O3/c1-22-17(21)12-8-10-9-4-2-3-5-11(9)19-15(10)16(20-12)13-6-7-14(18)23-13/h2-7,12,16,19-20H,8H2,1H3/t12-,16+/m0/s1. The van der Waals surface area contributed by atoms with Crippen molar-refractivity contribution in [3.63, 3.8) is 0 Å². The van der Waals surface area contributed by atoms with Gasteiger partial charge in [-0.2, -0.15) is 0 Å². The Balaban J connectivity index is 1.87. The molecule has 0 saturated carbocycles. The maximum atomic E-state index is 12.1. The Labute approximate surface area is 141 Å². The molecule has 0 fully saturated rings. The van der Waals surface area contributed by atoms with Gasteiger partial charge in [0.2, 0.25) is 0 Å². The van der Waals surface area contributed by atoms with Gasteiger partial charge in [0.1, 0.15) is 17.8 Å². The van der Waals surface area contributed by atoms with Crippen molar-refractivity contribution < 1.29 is 13.9 Å². The number of H-pyrrole nitrogens is 1. The van der Waals surface area contributed by atoms with E-state index >= 15 is 0 Å². The van der Waals surface area contributed by atoms with E-state index in [1.165, 1.54) is 7.11 Å². The zero-order valence-corrected chi connectivity index (χ0v) is 14.0. The second-order valence-corrected chi connectivity index (χ2v) is 6.37. The number of benzene rings is 1. The molecule has 0 aliphatic carbocycles. The summed E-state index contributed by atoms with van der Waals surface area (Å²) < 4.78 is 11.3. The number of aromatic nitrogens is 1. The van der Waals surface area contributed by atoms with Crippen LogP contribution in [0.2, 0.25) is 0 Å². The Bertz CT molecular complexity index is 883. The van der Waals surface area contributed by atoms with E-state index in [-0.39, 0.29) is 12.0 Å². The van der Waals surface area contributed by atoms with Crippen LogP contribution in [0.15, 0.2) is 45.5 Å². The number of esters is 1. The molecule has 0 saturated heterocycles. The largest absolute Gasteiger partial charge is 0.468 e. The maximum Gasteiger partial charge on any atom is 0.323 e. The third kappa shape index (κ3) is 2.38. The number of para-hydroxylation sites is 1. The number of ether oxygens (including phenoxy) is 1. The first-order valence-electron chi connectivity index (χ1n) is 7.36. The lowest BCUT2D eigenvalue weighted by atomic mass is 9.93. The molecule has 1 aliphatic heterocycles. The van der Waals surface area contributed by atoms with Crippen molar-refractivity contribution in [2.45, 2.75) is 18.5 Å². The molecule has 0 amide bonds. The van der Waals surface area contributed by atoms with Crippen molar-refractivity contribution >= 4 is 32.8 Å². The molecule has 5 nitrogen and oxygen atoms in total. The average molecular weight is 375 g/mol. The molecule has 0 spiro atoms. The molecule has 4 rings (SSSR count). The molecular weight excluding hydrogens is 360 g/mol. The summed E-state index contributed by atoms with van der Waals surface area (Å²) in [5.74, 6) is 0.481. The summed E-state index contributed by atoms with van der Waals surface area (Å²) in [5, 5.41) is 4.46. The Morgan fingerprint density at radius 2 is 2.13 bits per heavy atom. The van der Waals surface area contributed by atoms with Gasteiger partial charge >= 0.3 is 5.97 Å². The van der Waals surface area contributed by atoms with Crippen LogP contribution in [0.1, 0.15) is 23.1 Å². The predicted molar refractivity (Wildman–Crippen MR) is 89.2 cm³/mol. The number of rotatable bonds is 2. The summed E-state index contributed by atoms with van der Waals surface area (Å²) >= 11 is 3.33. The van der Waals surface area contributed by atoms with Gasteiger partial charge in [-0.1, -0.05) is 18.2 Å². The molecule has 0 bridgehead atoms. The first-order valence-corrected chi connectivity index (χ1v) is 8.15. The van der Waals surface area contributed by atoms with Gasteiger partial charge in [-0.15, -0.1) is 0 Å². The van der Waals surface area contributed by atoms with Crippen molar-refractivity contribution in [2.24, 2.45) is 0 Å². The average Bonchev–Trinajstić information content (AvgIpc) is 3.16. The zero-order valence-electron chi connectivity index (χ0n) is 12.4. The highest BCUT2D eigenvalue weighted by Gasteiger charge is 2.35. The van der Waals surface area contributed by atoms with Crippen LogP contribution in [0.4, 0.5) is 0 Å². The van der Waals surface area contributed by atoms with Gasteiger partial charge in [0.15, 0.2) is 4.67 Å². The second kappa shape index (κ2) is 5.54. The number of halogens is 1. The highest BCUT2D eigenvalue weighted by atomic mass is 79.9. The lowest BCUT2D eigenvalue weighted by molar-refractivity contribution is -0.143. The van der Waals surface area contributed by atoms with E-state index in [1.54, 1.807) is 0 Å². The molecule has 0 radical (unpaired) electrons. The van der Waals surface area contributed by atoms with E-state index in [4.69, 9.17) is 9.15 Å². The van der Waals surface area contributed by atoms with Crippen LogP contribution in [-0.4, -0.2) is 24.1 Å². The van der Waals surface area contributed by atoms with Crippen LogP contribution in [0.25, 0.3) is 10.9 Å². The van der Waals surface area contributed by atoms with E-state index in [0.29, 0.717) is 11.1 Å². The molecule has 0 unspecified atom stereocenters. The smallest absolute Gasteiger partial charge is 0.323 e. The van der Waals surface area contributed by atoms with Crippen LogP contribution in [0.5, 0.6) is 0 Å². The fraction of sp³-hybridized carbons (Fsp3) is 0.235. The molecule has 1 aliphatic rings. The summed E-state index contributed by atoms with van der Waals surface area (Å²) in [5.41, 5.74) is 3.22. The minimum absolute atomic E-state index is 0.221. The molecule has 2 aromatic heterocycles. The molecule has 1 aromatic carbocycles. The second-order valence-electron chi connectivity index (χ2n) is 5.58. The Morgan fingerprint density at radius 1 is 1.30 bits per heavy atom. The highest BCUT2D eigenvalue weighted by molar-refractivity contribution is 9.10. The number of nitrogens with one attached hydrogen (secondary N) is 2. The summed E-state index contributed by atoms with van der Waals surface area (Å²) in [4.78, 5) is 15.5. The number of furan rings is 1. The molecule has 3 aromatic rings. The van der Waals surface area contributed by atoms with Gasteiger partial charge in [-0.25, -0.2) is 0 Å². The summed E-state index contributed by atoms with van der Waals surface area (Å²) in [6.45, 7) is 0. The number of carbonyl (C=O) groups excluding carboxylic acids is 1. The lowest BCUT2D eigenvalue weighted by Gasteiger charge is -2.28. The number of hydrogen-bond donors (Lipinski definition) is 2. The number of hydrogen-bond acceptors (Lipinski definition) is 4. The predicted octanol–water partition coefficient (Wildman–Crippen LogP) is 3.30. The molecule has 2 N–H and O–H groups in total. The van der Waals surface area contributed by atoms with Gasteiger partial charge < -0.3 is 14.1 Å². The monoisotopic (exact) mass is 374 g/mol. The van der Waals surface area contributed by atoms with Gasteiger partial charge in [0.05, 0.1) is 7.11 Å². The van der Waals surface area contributed by atoms with E-state index in [9.17, 15) is 4.79 Å². The van der Waals surface area contributed by atoms with E-state index in [2.05, 4.69) is 32.3 Å². The fourth-order valence-corrected chi connectivity index (χ4v) is 3.56. The van der Waals surface area contributed by atoms with Crippen molar-refractivity contribution in [1.29, 1.82) is 0 Å². The molecule has 118 valence electrons. The number of aromatic amines is 1. The quantitative estimate of drug-likeness (QED) is 0.675.